The highest BCUT2D eigenvalue weighted by molar-refractivity contribution is 5.76. The van der Waals surface area contributed by atoms with Gasteiger partial charge in [-0.3, -0.25) is 4.79 Å². The Kier molecular flexibility index (Phi) is 3.99. The molecule has 2 heterocycles. The van der Waals surface area contributed by atoms with Crippen LogP contribution in [0.15, 0.2) is 21.2 Å². The van der Waals surface area contributed by atoms with Gasteiger partial charge in [0.25, 0.3) is 5.89 Å². The van der Waals surface area contributed by atoms with Crippen molar-refractivity contribution >= 4 is 5.91 Å². The first kappa shape index (κ1) is 13.3. The number of amides is 1. The van der Waals surface area contributed by atoms with Crippen LogP contribution in [0.5, 0.6) is 0 Å². The molecule has 2 aromatic heterocycles. The normalized spacial score (nSPS) is 10.9. The summed E-state index contributed by atoms with van der Waals surface area (Å²) in [5.41, 5.74) is 0.783. The maximum atomic E-state index is 11.5. The number of hydrogen-bond acceptors (Lipinski definition) is 5. The molecule has 6 nitrogen and oxygen atoms in total. The summed E-state index contributed by atoms with van der Waals surface area (Å²) in [7, 11) is 0. The molecule has 0 bridgehead atoms. The molecule has 0 aromatic carbocycles. The Hall–Kier alpha value is -2.11. The van der Waals surface area contributed by atoms with E-state index in [4.69, 9.17) is 8.83 Å². The predicted octanol–water partition coefficient (Wildman–Crippen LogP) is 2.10. The van der Waals surface area contributed by atoms with E-state index in [2.05, 4.69) is 15.5 Å². The molecule has 0 aliphatic carbocycles. The van der Waals surface area contributed by atoms with E-state index in [1.165, 1.54) is 0 Å². The number of carbonyl (C=O) groups is 1. The van der Waals surface area contributed by atoms with E-state index in [-0.39, 0.29) is 11.9 Å². The van der Waals surface area contributed by atoms with Crippen molar-refractivity contribution in [1.82, 2.24) is 15.5 Å². The summed E-state index contributed by atoms with van der Waals surface area (Å²) >= 11 is 0. The second kappa shape index (κ2) is 5.69. The minimum atomic E-state index is -0.0192. The summed E-state index contributed by atoms with van der Waals surface area (Å²) in [5, 5.41) is 10.7. The van der Waals surface area contributed by atoms with E-state index in [9.17, 15) is 4.79 Å². The van der Waals surface area contributed by atoms with E-state index in [1.807, 2.05) is 20.8 Å². The third-order valence-electron chi connectivity index (χ3n) is 2.57. The van der Waals surface area contributed by atoms with Crippen molar-refractivity contribution in [1.29, 1.82) is 0 Å². The van der Waals surface area contributed by atoms with Gasteiger partial charge in [-0.05, 0) is 26.8 Å². The summed E-state index contributed by atoms with van der Waals surface area (Å²) in [6.45, 7) is 5.67. The summed E-state index contributed by atoms with van der Waals surface area (Å²) < 4.78 is 10.7. The molecule has 0 radical (unpaired) electrons. The molecule has 2 aromatic rings. The summed E-state index contributed by atoms with van der Waals surface area (Å²) in [6.07, 6.45) is 2.34. The Morgan fingerprint density at radius 3 is 2.84 bits per heavy atom. The largest absolute Gasteiger partial charge is 0.469 e. The van der Waals surface area contributed by atoms with E-state index < -0.39 is 0 Å². The van der Waals surface area contributed by atoms with E-state index >= 15 is 0 Å². The summed E-state index contributed by atoms with van der Waals surface area (Å²) in [6, 6.07) is 1.91. The molecular weight excluding hydrogens is 246 g/mol. The maximum Gasteiger partial charge on any atom is 0.251 e. The molecule has 0 unspecified atom stereocenters. The fourth-order valence-electron chi connectivity index (χ4n) is 1.68. The number of rotatable bonds is 5. The van der Waals surface area contributed by atoms with Gasteiger partial charge in [0.05, 0.1) is 11.8 Å². The molecule has 6 heteroatoms. The van der Waals surface area contributed by atoms with Crippen LogP contribution in [0.25, 0.3) is 11.5 Å². The van der Waals surface area contributed by atoms with E-state index in [0.717, 1.165) is 11.3 Å². The zero-order valence-electron chi connectivity index (χ0n) is 11.3. The average molecular weight is 263 g/mol. The number of carbonyl (C=O) groups excluding carboxylic acids is 1. The van der Waals surface area contributed by atoms with Crippen LogP contribution in [0.1, 0.15) is 31.9 Å². The van der Waals surface area contributed by atoms with Crippen LogP contribution in [0.3, 0.4) is 0 Å². The highest BCUT2D eigenvalue weighted by atomic mass is 16.4. The van der Waals surface area contributed by atoms with Gasteiger partial charge in [0.15, 0.2) is 0 Å². The molecular formula is C13H17N3O3. The molecule has 0 saturated carbocycles. The molecule has 0 aliphatic heterocycles. The van der Waals surface area contributed by atoms with Gasteiger partial charge in [-0.15, -0.1) is 10.2 Å². The lowest BCUT2D eigenvalue weighted by molar-refractivity contribution is -0.121. The van der Waals surface area contributed by atoms with Gasteiger partial charge in [0.2, 0.25) is 11.8 Å². The number of nitrogens with one attached hydrogen (secondary N) is 1. The van der Waals surface area contributed by atoms with Crippen molar-refractivity contribution in [2.45, 2.75) is 39.7 Å². The first-order chi connectivity index (χ1) is 9.06. The van der Waals surface area contributed by atoms with Gasteiger partial charge < -0.3 is 14.2 Å². The van der Waals surface area contributed by atoms with Crippen molar-refractivity contribution < 1.29 is 13.6 Å². The molecule has 0 fully saturated rings. The van der Waals surface area contributed by atoms with E-state index in [1.54, 1.807) is 12.3 Å². The van der Waals surface area contributed by atoms with Crippen LogP contribution in [0.4, 0.5) is 0 Å². The SMILES string of the molecule is Cc1occc1-c1nnc(CCC(=O)NC(C)C)o1. The fourth-order valence-corrected chi connectivity index (χ4v) is 1.68. The van der Waals surface area contributed by atoms with Crippen LogP contribution < -0.4 is 5.32 Å². The zero-order chi connectivity index (χ0) is 13.8. The zero-order valence-corrected chi connectivity index (χ0v) is 11.3. The van der Waals surface area contributed by atoms with Gasteiger partial charge >= 0.3 is 0 Å². The molecule has 0 spiro atoms. The summed E-state index contributed by atoms with van der Waals surface area (Å²) in [5.74, 6) is 1.59. The second-order valence-electron chi connectivity index (χ2n) is 4.61. The van der Waals surface area contributed by atoms with Gasteiger partial charge in [-0.25, -0.2) is 0 Å². The fraction of sp³-hybridized carbons (Fsp3) is 0.462. The molecule has 102 valence electrons. The minimum Gasteiger partial charge on any atom is -0.469 e. The molecule has 19 heavy (non-hydrogen) atoms. The quantitative estimate of drug-likeness (QED) is 0.893. The lowest BCUT2D eigenvalue weighted by atomic mass is 10.2. The standard InChI is InChI=1S/C13H17N3O3/c1-8(2)14-11(17)4-5-12-15-16-13(19-12)10-6-7-18-9(10)3/h6-8H,4-5H2,1-3H3,(H,14,17). The van der Waals surface area contributed by atoms with Crippen LogP contribution in [-0.2, 0) is 11.2 Å². The van der Waals surface area contributed by atoms with Crippen molar-refractivity contribution in [3.05, 3.63) is 24.0 Å². The van der Waals surface area contributed by atoms with E-state index in [0.29, 0.717) is 24.6 Å². The highest BCUT2D eigenvalue weighted by Gasteiger charge is 2.13. The van der Waals surface area contributed by atoms with Crippen LogP contribution in [0.2, 0.25) is 0 Å². The first-order valence-electron chi connectivity index (χ1n) is 6.22. The third kappa shape index (κ3) is 3.43. The topological polar surface area (TPSA) is 81.2 Å². The molecule has 2 rings (SSSR count). The monoisotopic (exact) mass is 263 g/mol. The highest BCUT2D eigenvalue weighted by Crippen LogP contribution is 2.22. The Bertz CT molecular complexity index is 557. The van der Waals surface area contributed by atoms with Crippen LogP contribution in [-0.4, -0.2) is 22.1 Å². The molecule has 1 N–H and O–H groups in total. The number of furan rings is 1. The van der Waals surface area contributed by atoms with Gasteiger partial charge in [0, 0.05) is 18.9 Å². The van der Waals surface area contributed by atoms with Crippen LogP contribution in [0, 0.1) is 6.92 Å². The molecule has 0 atom stereocenters. The Morgan fingerprint density at radius 1 is 1.42 bits per heavy atom. The molecule has 0 aliphatic rings. The van der Waals surface area contributed by atoms with Gasteiger partial charge in [0.1, 0.15) is 5.76 Å². The average Bonchev–Trinajstić information content (AvgIpc) is 2.93. The minimum absolute atomic E-state index is 0.0192. The molecule has 1 amide bonds. The first-order valence-corrected chi connectivity index (χ1v) is 6.22. The number of aromatic nitrogens is 2. The lowest BCUT2D eigenvalue weighted by Crippen LogP contribution is -2.30. The Balaban J connectivity index is 1.95. The van der Waals surface area contributed by atoms with Gasteiger partial charge in [-0.1, -0.05) is 0 Å². The van der Waals surface area contributed by atoms with Crippen molar-refractivity contribution in [3.8, 4) is 11.5 Å². The van der Waals surface area contributed by atoms with Gasteiger partial charge in [-0.2, -0.15) is 0 Å². The van der Waals surface area contributed by atoms with Crippen molar-refractivity contribution in [2.75, 3.05) is 0 Å². The third-order valence-corrected chi connectivity index (χ3v) is 2.57. The number of nitrogens with zero attached hydrogens (tertiary/aromatic N) is 2. The predicted molar refractivity (Wildman–Crippen MR) is 68.3 cm³/mol. The molecule has 0 saturated heterocycles. The van der Waals surface area contributed by atoms with Crippen LogP contribution >= 0.6 is 0 Å². The number of hydrogen-bond donors (Lipinski definition) is 1. The Labute approximate surface area is 111 Å². The Morgan fingerprint density at radius 2 is 2.21 bits per heavy atom. The maximum absolute atomic E-state index is 11.5. The summed E-state index contributed by atoms with van der Waals surface area (Å²) in [4.78, 5) is 11.5. The van der Waals surface area contributed by atoms with Crippen molar-refractivity contribution in [2.24, 2.45) is 0 Å². The van der Waals surface area contributed by atoms with Crippen molar-refractivity contribution in [3.63, 3.8) is 0 Å². The smallest absolute Gasteiger partial charge is 0.251 e. The lowest BCUT2D eigenvalue weighted by Gasteiger charge is -2.06. The number of aryl methyl sites for hydroxylation is 2. The second-order valence-corrected chi connectivity index (χ2v) is 4.61.